The van der Waals surface area contributed by atoms with E-state index < -0.39 is 11.9 Å². The summed E-state index contributed by atoms with van der Waals surface area (Å²) >= 11 is 0. The standard InChI is InChI=1S/C44H44N2O6/c1-6-28-17-29(20-41(49)45-24-31(7-2)43-35-15-11-9-13-33(35)39(22-37(43)45)51-26(4)47)19-30(18-28)21-42(50)46-25-32(8-3)44-36-16-12-10-14-34(36)40(23-38(44)46)52-27(5)48/h9-19,22-23,31-32H,6-8,20-21,24-25H2,1-5H3. The minimum absolute atomic E-state index is 0.0454. The van der Waals surface area contributed by atoms with Gasteiger partial charge in [-0.15, -0.1) is 0 Å². The minimum Gasteiger partial charge on any atom is -0.426 e. The number of amides is 2. The molecule has 52 heavy (non-hydrogen) atoms. The Balaban J connectivity index is 1.18. The predicted octanol–water partition coefficient (Wildman–Crippen LogP) is 8.57. The molecule has 2 aliphatic rings. The number of fused-ring (bicyclic) bond motifs is 6. The smallest absolute Gasteiger partial charge is 0.308 e. The quantitative estimate of drug-likeness (QED) is 0.113. The first-order chi connectivity index (χ1) is 25.1. The van der Waals surface area contributed by atoms with Gasteiger partial charge in [-0.2, -0.15) is 0 Å². The van der Waals surface area contributed by atoms with Gasteiger partial charge < -0.3 is 19.3 Å². The first-order valence-electron chi connectivity index (χ1n) is 18.3. The molecule has 0 saturated heterocycles. The number of hydrogen-bond acceptors (Lipinski definition) is 6. The fourth-order valence-electron chi connectivity index (χ4n) is 8.23. The third-order valence-corrected chi connectivity index (χ3v) is 10.6. The van der Waals surface area contributed by atoms with Crippen LogP contribution in [0.1, 0.15) is 87.1 Å². The molecule has 0 N–H and O–H groups in total. The number of anilines is 2. The molecule has 0 fully saturated rings. The molecule has 8 nitrogen and oxygen atoms in total. The SMILES string of the molecule is CCc1cc(CC(=O)N2CC(CC)c3c2cc(OC(C)=O)c2ccccc32)cc(CC(=O)N2CC(CC)c3c2cc(OC(C)=O)c2ccccc32)c1. The van der Waals surface area contributed by atoms with E-state index in [4.69, 9.17) is 9.47 Å². The first kappa shape index (κ1) is 34.9. The molecule has 2 heterocycles. The highest BCUT2D eigenvalue weighted by Crippen LogP contribution is 2.48. The summed E-state index contributed by atoms with van der Waals surface area (Å²) in [4.78, 5) is 56.1. The second-order valence-electron chi connectivity index (χ2n) is 14.0. The zero-order valence-corrected chi connectivity index (χ0v) is 30.5. The molecule has 5 aromatic carbocycles. The lowest BCUT2D eigenvalue weighted by Crippen LogP contribution is -2.32. The van der Waals surface area contributed by atoms with Gasteiger partial charge >= 0.3 is 11.9 Å². The highest BCUT2D eigenvalue weighted by atomic mass is 16.5. The van der Waals surface area contributed by atoms with Gasteiger partial charge in [0.2, 0.25) is 11.8 Å². The van der Waals surface area contributed by atoms with Gasteiger partial charge in [0, 0.05) is 61.7 Å². The summed E-state index contributed by atoms with van der Waals surface area (Å²) in [5, 5.41) is 3.70. The van der Waals surface area contributed by atoms with Gasteiger partial charge in [0.1, 0.15) is 11.5 Å². The fourth-order valence-corrected chi connectivity index (χ4v) is 8.23. The van der Waals surface area contributed by atoms with Crippen molar-refractivity contribution in [1.29, 1.82) is 0 Å². The van der Waals surface area contributed by atoms with Crippen LogP contribution in [0.5, 0.6) is 11.5 Å². The second kappa shape index (κ2) is 14.3. The normalized spacial score (nSPS) is 16.2. The molecule has 2 unspecified atom stereocenters. The zero-order chi connectivity index (χ0) is 36.7. The zero-order valence-electron chi connectivity index (χ0n) is 30.5. The molecule has 5 aromatic rings. The van der Waals surface area contributed by atoms with Gasteiger partial charge in [-0.05, 0) is 57.9 Å². The van der Waals surface area contributed by atoms with Crippen LogP contribution in [0.3, 0.4) is 0 Å². The maximum absolute atomic E-state index is 14.2. The molecule has 0 bridgehead atoms. The Bertz CT molecular complexity index is 2100. The van der Waals surface area contributed by atoms with E-state index >= 15 is 0 Å². The molecule has 2 amide bonds. The number of carbonyl (C=O) groups excluding carboxylic acids is 4. The van der Waals surface area contributed by atoms with Crippen molar-refractivity contribution >= 4 is 56.7 Å². The molecular formula is C44H44N2O6. The maximum atomic E-state index is 14.2. The van der Waals surface area contributed by atoms with Gasteiger partial charge in [0.05, 0.1) is 24.2 Å². The fraction of sp³-hybridized carbons (Fsp3) is 0.318. The lowest BCUT2D eigenvalue weighted by Gasteiger charge is -2.21. The summed E-state index contributed by atoms with van der Waals surface area (Å²) in [6.07, 6.45) is 2.82. The number of carbonyl (C=O) groups is 4. The number of aryl methyl sites for hydroxylation is 1. The van der Waals surface area contributed by atoms with Gasteiger partial charge in [0.15, 0.2) is 0 Å². The second-order valence-corrected chi connectivity index (χ2v) is 14.0. The summed E-state index contributed by atoms with van der Waals surface area (Å²) in [5.41, 5.74) is 6.55. The van der Waals surface area contributed by atoms with Crippen LogP contribution in [0.15, 0.2) is 78.9 Å². The Hall–Kier alpha value is -5.50. The molecule has 0 aliphatic carbocycles. The Labute approximate surface area is 304 Å². The number of benzene rings is 5. The summed E-state index contributed by atoms with van der Waals surface area (Å²) in [6, 6.07) is 25.5. The maximum Gasteiger partial charge on any atom is 0.308 e. The number of ether oxygens (including phenoxy) is 2. The predicted molar refractivity (Wildman–Crippen MR) is 205 cm³/mol. The molecule has 0 spiro atoms. The Kier molecular flexibility index (Phi) is 9.58. The minimum atomic E-state index is -0.410. The molecular weight excluding hydrogens is 652 g/mol. The summed E-state index contributed by atoms with van der Waals surface area (Å²) in [7, 11) is 0. The van der Waals surface area contributed by atoms with E-state index in [2.05, 4.69) is 32.9 Å². The van der Waals surface area contributed by atoms with Crippen molar-refractivity contribution in [2.45, 2.75) is 78.6 Å². The van der Waals surface area contributed by atoms with E-state index in [1.165, 1.54) is 13.8 Å². The topological polar surface area (TPSA) is 93.2 Å². The summed E-state index contributed by atoms with van der Waals surface area (Å²) < 4.78 is 11.3. The van der Waals surface area contributed by atoms with Gasteiger partial charge in [-0.1, -0.05) is 87.5 Å². The van der Waals surface area contributed by atoms with Crippen LogP contribution in [-0.4, -0.2) is 36.8 Å². The first-order valence-corrected chi connectivity index (χ1v) is 18.3. The average molecular weight is 697 g/mol. The van der Waals surface area contributed by atoms with Crippen molar-refractivity contribution in [2.24, 2.45) is 0 Å². The molecule has 2 aliphatic heterocycles. The highest BCUT2D eigenvalue weighted by molar-refractivity contribution is 6.06. The van der Waals surface area contributed by atoms with Crippen LogP contribution in [0.2, 0.25) is 0 Å². The lowest BCUT2D eigenvalue weighted by molar-refractivity contribution is -0.132. The van der Waals surface area contributed by atoms with Crippen LogP contribution in [0.4, 0.5) is 11.4 Å². The van der Waals surface area contributed by atoms with Crippen LogP contribution < -0.4 is 19.3 Å². The van der Waals surface area contributed by atoms with E-state index in [9.17, 15) is 19.2 Å². The van der Waals surface area contributed by atoms with Crippen molar-refractivity contribution in [3.63, 3.8) is 0 Å². The van der Waals surface area contributed by atoms with Crippen molar-refractivity contribution in [1.82, 2.24) is 0 Å². The third kappa shape index (κ3) is 6.42. The molecule has 266 valence electrons. The van der Waals surface area contributed by atoms with Gasteiger partial charge in [-0.3, -0.25) is 19.2 Å². The van der Waals surface area contributed by atoms with Crippen molar-refractivity contribution in [2.75, 3.05) is 22.9 Å². The molecule has 2 atom stereocenters. The van der Waals surface area contributed by atoms with E-state index in [1.54, 1.807) is 0 Å². The summed E-state index contributed by atoms with van der Waals surface area (Å²) in [6.45, 7) is 10.2. The van der Waals surface area contributed by atoms with Crippen LogP contribution in [-0.2, 0) is 38.4 Å². The Morgan fingerprint density at radius 3 is 1.33 bits per heavy atom. The monoisotopic (exact) mass is 696 g/mol. The van der Waals surface area contributed by atoms with Crippen molar-refractivity contribution in [3.8, 4) is 11.5 Å². The molecule has 8 heteroatoms. The summed E-state index contributed by atoms with van der Waals surface area (Å²) in [5.74, 6) is 0.295. The van der Waals surface area contributed by atoms with Gasteiger partial charge in [-0.25, -0.2) is 0 Å². The average Bonchev–Trinajstić information content (AvgIpc) is 3.70. The van der Waals surface area contributed by atoms with Crippen LogP contribution >= 0.6 is 0 Å². The largest absolute Gasteiger partial charge is 0.426 e. The van der Waals surface area contributed by atoms with E-state index in [0.29, 0.717) is 24.6 Å². The molecule has 7 rings (SSSR count). The van der Waals surface area contributed by atoms with E-state index in [-0.39, 0.29) is 36.5 Å². The highest BCUT2D eigenvalue weighted by Gasteiger charge is 2.36. The molecule has 0 aromatic heterocycles. The van der Waals surface area contributed by atoms with Crippen LogP contribution in [0.25, 0.3) is 21.5 Å². The van der Waals surface area contributed by atoms with Crippen molar-refractivity contribution in [3.05, 3.63) is 107 Å². The number of hydrogen-bond donors (Lipinski definition) is 0. The third-order valence-electron chi connectivity index (χ3n) is 10.6. The van der Waals surface area contributed by atoms with Crippen molar-refractivity contribution < 1.29 is 28.7 Å². The molecule has 0 saturated carbocycles. The van der Waals surface area contributed by atoms with Gasteiger partial charge in [0.25, 0.3) is 0 Å². The van der Waals surface area contributed by atoms with E-state index in [0.717, 1.165) is 80.0 Å². The Morgan fingerprint density at radius 2 is 0.962 bits per heavy atom. The van der Waals surface area contributed by atoms with E-state index in [1.807, 2.05) is 76.5 Å². The number of rotatable bonds is 9. The Morgan fingerprint density at radius 1 is 0.577 bits per heavy atom. The number of esters is 2. The lowest BCUT2D eigenvalue weighted by atomic mass is 9.93. The number of nitrogens with zero attached hydrogens (tertiary/aromatic N) is 2. The van der Waals surface area contributed by atoms with Crippen LogP contribution in [0, 0.1) is 0 Å². The molecule has 0 radical (unpaired) electrons.